The Morgan fingerprint density at radius 3 is 2.05 bits per heavy atom. The zero-order valence-corrected chi connectivity index (χ0v) is 14.2. The number of unbranched alkanes of at least 4 members (excludes halogenated alkanes) is 4. The molecule has 0 fully saturated rings. The van der Waals surface area contributed by atoms with Gasteiger partial charge in [-0.25, -0.2) is 0 Å². The maximum atomic E-state index is 12.1. The van der Waals surface area contributed by atoms with Crippen molar-refractivity contribution in [3.63, 3.8) is 0 Å². The summed E-state index contributed by atoms with van der Waals surface area (Å²) in [6, 6.07) is -0.470. The van der Waals surface area contributed by atoms with Gasteiger partial charge in [0.15, 0.2) is 0 Å². The summed E-state index contributed by atoms with van der Waals surface area (Å²) in [5.41, 5.74) is 5.70. The quantitative estimate of drug-likeness (QED) is 0.477. The Balaban J connectivity index is 4.38. The molecular formula is C17H35NO2. The molecule has 0 bridgehead atoms. The number of esters is 1. The van der Waals surface area contributed by atoms with E-state index in [1.54, 1.807) is 0 Å². The summed E-state index contributed by atoms with van der Waals surface area (Å²) in [6.45, 7) is 10.0. The van der Waals surface area contributed by atoms with Crippen LogP contribution in [0.5, 0.6) is 0 Å². The molecule has 0 rings (SSSR count). The first-order valence-electron chi connectivity index (χ1n) is 8.30. The van der Waals surface area contributed by atoms with Crippen LogP contribution in [-0.4, -0.2) is 17.6 Å². The molecule has 0 aromatic rings. The van der Waals surface area contributed by atoms with Crippen LogP contribution in [0.15, 0.2) is 0 Å². The van der Waals surface area contributed by atoms with Crippen molar-refractivity contribution in [1.29, 1.82) is 0 Å². The van der Waals surface area contributed by atoms with E-state index < -0.39 is 11.6 Å². The van der Waals surface area contributed by atoms with E-state index in [2.05, 4.69) is 13.8 Å². The number of carbonyl (C=O) groups excluding carboxylic acids is 1. The van der Waals surface area contributed by atoms with Gasteiger partial charge < -0.3 is 10.5 Å². The lowest BCUT2D eigenvalue weighted by atomic mass is 9.89. The van der Waals surface area contributed by atoms with Gasteiger partial charge in [0.05, 0.1) is 0 Å². The Morgan fingerprint density at radius 2 is 1.55 bits per heavy atom. The lowest BCUT2D eigenvalue weighted by Gasteiger charge is -2.27. The molecule has 0 radical (unpaired) electrons. The molecule has 120 valence electrons. The summed E-state index contributed by atoms with van der Waals surface area (Å²) >= 11 is 0. The van der Waals surface area contributed by atoms with Gasteiger partial charge in [-0.1, -0.05) is 52.4 Å². The number of nitrogens with two attached hydrogens (primary N) is 1. The average molecular weight is 285 g/mol. The molecule has 0 aliphatic carbocycles. The second-order valence-electron chi connectivity index (χ2n) is 6.81. The van der Waals surface area contributed by atoms with Gasteiger partial charge in [-0.3, -0.25) is 4.79 Å². The van der Waals surface area contributed by atoms with Gasteiger partial charge in [-0.2, -0.15) is 0 Å². The van der Waals surface area contributed by atoms with Gasteiger partial charge in [-0.05, 0) is 39.5 Å². The minimum Gasteiger partial charge on any atom is -0.459 e. The number of ether oxygens (including phenoxy) is 1. The molecular weight excluding hydrogens is 250 g/mol. The van der Waals surface area contributed by atoms with Gasteiger partial charge in [0.25, 0.3) is 0 Å². The Labute approximate surface area is 125 Å². The van der Waals surface area contributed by atoms with Crippen LogP contribution in [0.4, 0.5) is 0 Å². The fourth-order valence-corrected chi connectivity index (χ4v) is 2.37. The van der Waals surface area contributed by atoms with E-state index >= 15 is 0 Å². The molecule has 0 spiro atoms. The van der Waals surface area contributed by atoms with Gasteiger partial charge >= 0.3 is 5.97 Å². The van der Waals surface area contributed by atoms with Crippen LogP contribution in [0.2, 0.25) is 0 Å². The number of carbonyl (C=O) groups is 1. The minimum absolute atomic E-state index is 0.242. The van der Waals surface area contributed by atoms with E-state index in [1.807, 2.05) is 20.8 Å². The van der Waals surface area contributed by atoms with Crippen molar-refractivity contribution in [1.82, 2.24) is 0 Å². The molecule has 0 amide bonds. The van der Waals surface area contributed by atoms with Crippen molar-refractivity contribution in [3.05, 3.63) is 0 Å². The van der Waals surface area contributed by atoms with Crippen LogP contribution in [0.25, 0.3) is 0 Å². The maximum Gasteiger partial charge on any atom is 0.323 e. The first-order chi connectivity index (χ1) is 9.31. The predicted octanol–water partition coefficient (Wildman–Crippen LogP) is 4.43. The summed E-state index contributed by atoms with van der Waals surface area (Å²) in [5, 5.41) is 0. The first-order valence-corrected chi connectivity index (χ1v) is 8.30. The highest BCUT2D eigenvalue weighted by Crippen LogP contribution is 2.22. The van der Waals surface area contributed by atoms with Crippen molar-refractivity contribution >= 4 is 5.97 Å². The van der Waals surface area contributed by atoms with Crippen molar-refractivity contribution in [2.24, 2.45) is 11.7 Å². The van der Waals surface area contributed by atoms with E-state index in [4.69, 9.17) is 10.5 Å². The lowest BCUT2D eigenvalue weighted by molar-refractivity contribution is -0.158. The second kappa shape index (κ2) is 10.2. The summed E-state index contributed by atoms with van der Waals surface area (Å²) in [7, 11) is 0. The number of rotatable bonds is 10. The van der Waals surface area contributed by atoms with Crippen LogP contribution in [0, 0.1) is 5.92 Å². The Bertz CT molecular complexity index is 258. The molecule has 2 N–H and O–H groups in total. The van der Waals surface area contributed by atoms with Gasteiger partial charge in [-0.15, -0.1) is 0 Å². The zero-order chi connectivity index (χ0) is 15.6. The topological polar surface area (TPSA) is 52.3 Å². The van der Waals surface area contributed by atoms with Crippen LogP contribution >= 0.6 is 0 Å². The standard InChI is InChI=1S/C17H35NO2/c1-6-8-10-11-13-14(12-9-7-2)15(18)16(19)20-17(3,4)5/h14-15H,6-13,18H2,1-5H3. The third-order valence-corrected chi connectivity index (χ3v) is 3.54. The van der Waals surface area contributed by atoms with E-state index in [1.165, 1.54) is 25.7 Å². The molecule has 3 nitrogen and oxygen atoms in total. The molecule has 0 aromatic heterocycles. The summed E-state index contributed by atoms with van der Waals surface area (Å²) < 4.78 is 5.42. The molecule has 20 heavy (non-hydrogen) atoms. The molecule has 0 saturated heterocycles. The van der Waals surface area contributed by atoms with Crippen molar-refractivity contribution in [3.8, 4) is 0 Å². The van der Waals surface area contributed by atoms with Gasteiger partial charge in [0, 0.05) is 0 Å². The SMILES string of the molecule is CCCCCCC(CCCC)C(N)C(=O)OC(C)(C)C. The third-order valence-electron chi connectivity index (χ3n) is 3.54. The average Bonchev–Trinajstić information content (AvgIpc) is 2.35. The Kier molecular flexibility index (Phi) is 9.91. The van der Waals surface area contributed by atoms with Crippen LogP contribution < -0.4 is 5.73 Å². The predicted molar refractivity (Wildman–Crippen MR) is 85.6 cm³/mol. The van der Waals surface area contributed by atoms with E-state index in [9.17, 15) is 4.79 Å². The maximum absolute atomic E-state index is 12.1. The number of hydrogen-bond donors (Lipinski definition) is 1. The third kappa shape index (κ3) is 9.35. The molecule has 0 saturated carbocycles. The van der Waals surface area contributed by atoms with Crippen molar-refractivity contribution in [2.75, 3.05) is 0 Å². The molecule has 0 aliphatic rings. The molecule has 0 aliphatic heterocycles. The van der Waals surface area contributed by atoms with Crippen molar-refractivity contribution < 1.29 is 9.53 Å². The highest BCUT2D eigenvalue weighted by atomic mass is 16.6. The number of hydrogen-bond acceptors (Lipinski definition) is 3. The van der Waals surface area contributed by atoms with E-state index in [0.717, 1.165) is 25.7 Å². The molecule has 2 unspecified atom stereocenters. The van der Waals surface area contributed by atoms with E-state index in [-0.39, 0.29) is 11.9 Å². The molecule has 0 heterocycles. The highest BCUT2D eigenvalue weighted by molar-refractivity contribution is 5.76. The normalized spacial score (nSPS) is 14.9. The molecule has 3 heteroatoms. The lowest BCUT2D eigenvalue weighted by Crippen LogP contribution is -2.42. The fourth-order valence-electron chi connectivity index (χ4n) is 2.37. The van der Waals surface area contributed by atoms with E-state index in [0.29, 0.717) is 0 Å². The minimum atomic E-state index is -0.470. The van der Waals surface area contributed by atoms with Crippen LogP contribution in [-0.2, 0) is 9.53 Å². The zero-order valence-electron chi connectivity index (χ0n) is 14.2. The van der Waals surface area contributed by atoms with Crippen LogP contribution in [0.3, 0.4) is 0 Å². The highest BCUT2D eigenvalue weighted by Gasteiger charge is 2.28. The molecule has 2 atom stereocenters. The summed E-state index contributed by atoms with van der Waals surface area (Å²) in [6.07, 6.45) is 9.25. The Hall–Kier alpha value is -0.570. The fraction of sp³-hybridized carbons (Fsp3) is 0.941. The summed E-state index contributed by atoms with van der Waals surface area (Å²) in [4.78, 5) is 12.1. The largest absolute Gasteiger partial charge is 0.459 e. The van der Waals surface area contributed by atoms with Crippen molar-refractivity contribution in [2.45, 2.75) is 97.6 Å². The monoisotopic (exact) mass is 285 g/mol. The second-order valence-corrected chi connectivity index (χ2v) is 6.81. The van der Waals surface area contributed by atoms with Gasteiger partial charge in [0.2, 0.25) is 0 Å². The smallest absolute Gasteiger partial charge is 0.323 e. The van der Waals surface area contributed by atoms with Gasteiger partial charge in [0.1, 0.15) is 11.6 Å². The Morgan fingerprint density at radius 1 is 1.00 bits per heavy atom. The molecule has 0 aromatic carbocycles. The summed E-state index contributed by atoms with van der Waals surface area (Å²) in [5.74, 6) is 0.0238. The first kappa shape index (κ1) is 19.4. The van der Waals surface area contributed by atoms with Crippen LogP contribution in [0.1, 0.15) is 86.0 Å².